The van der Waals surface area contributed by atoms with Crippen LogP contribution in [0.15, 0.2) is 64.3 Å². The number of nitro benzene ring substituents is 1. The van der Waals surface area contributed by atoms with Crippen molar-refractivity contribution in [3.8, 4) is 11.3 Å². The van der Waals surface area contributed by atoms with E-state index in [0.717, 1.165) is 0 Å². The molecule has 0 spiro atoms. The Labute approximate surface area is 146 Å². The molecule has 8 nitrogen and oxygen atoms in total. The standard InChI is InChI=1S/C18H12N2O6/c1-2-4-11-5-3-6-14-16(21)15(20(24)25)18(26-17(11)14)12-7-9-13(10-8-12)19(22)23/h2-3,5-10H,1,4H2. The van der Waals surface area contributed by atoms with Crippen molar-refractivity contribution >= 4 is 22.3 Å². The Morgan fingerprint density at radius 2 is 1.73 bits per heavy atom. The predicted molar refractivity (Wildman–Crippen MR) is 95.1 cm³/mol. The van der Waals surface area contributed by atoms with Gasteiger partial charge in [0.2, 0.25) is 5.76 Å². The molecule has 0 aliphatic heterocycles. The fraction of sp³-hybridized carbons (Fsp3) is 0.0556. The van der Waals surface area contributed by atoms with Crippen LogP contribution in [0.4, 0.5) is 11.4 Å². The van der Waals surface area contributed by atoms with Crippen LogP contribution in [0.3, 0.4) is 0 Å². The highest BCUT2D eigenvalue weighted by atomic mass is 16.6. The monoisotopic (exact) mass is 352 g/mol. The van der Waals surface area contributed by atoms with Crippen LogP contribution in [0.2, 0.25) is 0 Å². The van der Waals surface area contributed by atoms with Crippen LogP contribution in [0, 0.1) is 20.2 Å². The minimum absolute atomic E-state index is 0.0988. The number of rotatable bonds is 5. The van der Waals surface area contributed by atoms with E-state index in [9.17, 15) is 25.0 Å². The highest BCUT2D eigenvalue weighted by molar-refractivity contribution is 5.86. The molecule has 130 valence electrons. The van der Waals surface area contributed by atoms with Crippen LogP contribution in [-0.2, 0) is 6.42 Å². The van der Waals surface area contributed by atoms with Crippen LogP contribution >= 0.6 is 0 Å². The molecule has 0 saturated heterocycles. The molecule has 2 aromatic carbocycles. The number of nitrogens with zero attached hydrogens (tertiary/aromatic N) is 2. The lowest BCUT2D eigenvalue weighted by molar-refractivity contribution is -0.386. The molecule has 1 aromatic heterocycles. The summed E-state index contributed by atoms with van der Waals surface area (Å²) >= 11 is 0. The second kappa shape index (κ2) is 6.60. The molecule has 0 N–H and O–H groups in total. The summed E-state index contributed by atoms with van der Waals surface area (Å²) in [6.45, 7) is 3.65. The molecule has 0 atom stereocenters. The zero-order valence-corrected chi connectivity index (χ0v) is 13.4. The molecule has 0 fully saturated rings. The second-order valence-electron chi connectivity index (χ2n) is 5.46. The third kappa shape index (κ3) is 2.84. The summed E-state index contributed by atoms with van der Waals surface area (Å²) in [6, 6.07) is 9.82. The van der Waals surface area contributed by atoms with E-state index in [0.29, 0.717) is 12.0 Å². The number of para-hydroxylation sites is 1. The van der Waals surface area contributed by atoms with Gasteiger partial charge in [-0.2, -0.15) is 0 Å². The summed E-state index contributed by atoms with van der Waals surface area (Å²) in [5.74, 6) is -0.237. The van der Waals surface area contributed by atoms with Crippen LogP contribution in [0.5, 0.6) is 0 Å². The summed E-state index contributed by atoms with van der Waals surface area (Å²) in [7, 11) is 0. The van der Waals surface area contributed by atoms with Crippen molar-refractivity contribution in [1.82, 2.24) is 0 Å². The molecular weight excluding hydrogens is 340 g/mol. The van der Waals surface area contributed by atoms with E-state index in [2.05, 4.69) is 6.58 Å². The number of hydrogen-bond donors (Lipinski definition) is 0. The SMILES string of the molecule is C=CCc1cccc2c(=O)c([N+](=O)[O-])c(-c3ccc([N+](=O)[O-])cc3)oc12. The maximum absolute atomic E-state index is 12.7. The molecule has 0 aliphatic rings. The topological polar surface area (TPSA) is 116 Å². The first-order chi connectivity index (χ1) is 12.4. The van der Waals surface area contributed by atoms with Crippen molar-refractivity contribution in [3.63, 3.8) is 0 Å². The average Bonchev–Trinajstić information content (AvgIpc) is 2.62. The zero-order chi connectivity index (χ0) is 18.8. The van der Waals surface area contributed by atoms with E-state index < -0.39 is 21.0 Å². The highest BCUT2D eigenvalue weighted by Crippen LogP contribution is 2.32. The predicted octanol–water partition coefficient (Wildman–Crippen LogP) is 4.00. The number of allylic oxidation sites excluding steroid dienone is 1. The lowest BCUT2D eigenvalue weighted by Crippen LogP contribution is -2.11. The lowest BCUT2D eigenvalue weighted by Gasteiger charge is -2.07. The molecule has 26 heavy (non-hydrogen) atoms. The molecule has 1 heterocycles. The number of fused-ring (bicyclic) bond motifs is 1. The first-order valence-electron chi connectivity index (χ1n) is 7.53. The van der Waals surface area contributed by atoms with E-state index in [-0.39, 0.29) is 28.0 Å². The molecule has 3 rings (SSSR count). The van der Waals surface area contributed by atoms with Crippen molar-refractivity contribution in [2.75, 3.05) is 0 Å². The van der Waals surface area contributed by atoms with Gasteiger partial charge in [-0.15, -0.1) is 6.58 Å². The summed E-state index contributed by atoms with van der Waals surface area (Å²) in [5.41, 5.74) is -0.553. The number of hydrogen-bond acceptors (Lipinski definition) is 6. The van der Waals surface area contributed by atoms with Gasteiger partial charge in [0.05, 0.1) is 15.2 Å². The van der Waals surface area contributed by atoms with E-state index in [1.807, 2.05) is 0 Å². The van der Waals surface area contributed by atoms with Crippen molar-refractivity contribution in [2.24, 2.45) is 0 Å². The Hall–Kier alpha value is -3.81. The first kappa shape index (κ1) is 17.0. The zero-order valence-electron chi connectivity index (χ0n) is 13.4. The molecule has 8 heteroatoms. The molecule has 0 radical (unpaired) electrons. The summed E-state index contributed by atoms with van der Waals surface area (Å²) < 4.78 is 5.75. The van der Waals surface area contributed by atoms with Crippen molar-refractivity contribution in [2.45, 2.75) is 6.42 Å². The van der Waals surface area contributed by atoms with Gasteiger partial charge in [-0.05, 0) is 30.2 Å². The molecule has 0 saturated carbocycles. The number of benzene rings is 2. The minimum atomic E-state index is -0.803. The van der Waals surface area contributed by atoms with Gasteiger partial charge >= 0.3 is 5.69 Å². The fourth-order valence-electron chi connectivity index (χ4n) is 2.68. The van der Waals surface area contributed by atoms with Gasteiger partial charge in [-0.25, -0.2) is 0 Å². The van der Waals surface area contributed by atoms with Gasteiger partial charge in [0, 0.05) is 17.7 Å². The molecule has 3 aromatic rings. The Morgan fingerprint density at radius 3 is 2.31 bits per heavy atom. The third-order valence-electron chi connectivity index (χ3n) is 3.86. The van der Waals surface area contributed by atoms with Crippen molar-refractivity contribution in [1.29, 1.82) is 0 Å². The van der Waals surface area contributed by atoms with Crippen LogP contribution in [0.25, 0.3) is 22.3 Å². The molecule has 0 unspecified atom stereocenters. The quantitative estimate of drug-likeness (QED) is 0.389. The Kier molecular flexibility index (Phi) is 4.32. The van der Waals surface area contributed by atoms with E-state index in [4.69, 9.17) is 4.42 Å². The number of nitro groups is 2. The van der Waals surface area contributed by atoms with Gasteiger partial charge in [0.25, 0.3) is 11.1 Å². The highest BCUT2D eigenvalue weighted by Gasteiger charge is 2.26. The van der Waals surface area contributed by atoms with Gasteiger partial charge in [0.1, 0.15) is 5.58 Å². The molecule has 0 bridgehead atoms. The molecule has 0 aliphatic carbocycles. The van der Waals surface area contributed by atoms with Crippen LogP contribution < -0.4 is 5.43 Å². The Balaban J connectivity index is 2.35. The van der Waals surface area contributed by atoms with Crippen LogP contribution in [0.1, 0.15) is 5.56 Å². The van der Waals surface area contributed by atoms with Gasteiger partial charge in [0.15, 0.2) is 0 Å². The van der Waals surface area contributed by atoms with Crippen LogP contribution in [-0.4, -0.2) is 9.85 Å². The molecule has 0 amide bonds. The molecular formula is C18H12N2O6. The summed E-state index contributed by atoms with van der Waals surface area (Å²) in [5, 5.41) is 22.3. The summed E-state index contributed by atoms with van der Waals surface area (Å²) in [6.07, 6.45) is 2.04. The number of non-ortho nitro benzene ring substituents is 1. The summed E-state index contributed by atoms with van der Waals surface area (Å²) in [4.78, 5) is 33.5. The largest absolute Gasteiger partial charge is 0.448 e. The first-order valence-corrected chi connectivity index (χ1v) is 7.53. The average molecular weight is 352 g/mol. The Morgan fingerprint density at radius 1 is 1.04 bits per heavy atom. The fourth-order valence-corrected chi connectivity index (χ4v) is 2.68. The maximum Gasteiger partial charge on any atom is 0.359 e. The van der Waals surface area contributed by atoms with Gasteiger partial charge in [-0.3, -0.25) is 25.0 Å². The van der Waals surface area contributed by atoms with Gasteiger partial charge in [-0.1, -0.05) is 18.2 Å². The maximum atomic E-state index is 12.7. The third-order valence-corrected chi connectivity index (χ3v) is 3.86. The van der Waals surface area contributed by atoms with E-state index in [1.54, 1.807) is 18.2 Å². The van der Waals surface area contributed by atoms with Crippen molar-refractivity contribution < 1.29 is 14.3 Å². The second-order valence-corrected chi connectivity index (χ2v) is 5.46. The lowest BCUT2D eigenvalue weighted by atomic mass is 10.0. The van der Waals surface area contributed by atoms with Gasteiger partial charge < -0.3 is 4.42 Å². The minimum Gasteiger partial charge on any atom is -0.448 e. The van der Waals surface area contributed by atoms with E-state index >= 15 is 0 Å². The smallest absolute Gasteiger partial charge is 0.359 e. The van der Waals surface area contributed by atoms with E-state index in [1.165, 1.54) is 30.3 Å². The normalized spacial score (nSPS) is 10.6. The Bertz CT molecular complexity index is 1100. The van der Waals surface area contributed by atoms with Crippen molar-refractivity contribution in [3.05, 3.63) is 91.1 Å².